The number of benzene rings is 2. The average Bonchev–Trinajstić information content (AvgIpc) is 3.77. The number of esters is 2. The molecule has 1 N–H and O–H groups in total. The number of hydrogen-bond acceptors (Lipinski definition) is 14. The fraction of sp³-hybridized carbons (Fsp3) is 0.600. The quantitative estimate of drug-likeness (QED) is 0.104. The molecule has 0 radical (unpaired) electrons. The molecule has 2 aromatic rings. The number of hydrogen-bond donors (Lipinski definition) is 1. The number of methoxy groups -OCH3 is 2. The first-order valence-electron chi connectivity index (χ1n) is 24.6. The van der Waals surface area contributed by atoms with Gasteiger partial charge in [-0.15, -0.1) is 0 Å². The number of carbonyl (C=O) groups is 2. The van der Waals surface area contributed by atoms with E-state index in [2.05, 4.69) is 57.8 Å². The van der Waals surface area contributed by atoms with Gasteiger partial charge in [0.25, 0.3) is 0 Å². The van der Waals surface area contributed by atoms with E-state index in [-0.39, 0.29) is 90.9 Å². The Hall–Kier alpha value is -4.48. The molecular formula is C55H80O14Si. The Labute approximate surface area is 417 Å². The lowest BCUT2D eigenvalue weighted by atomic mass is 9.94. The molecule has 8 unspecified atom stereocenters. The maximum atomic E-state index is 13.5. The van der Waals surface area contributed by atoms with Gasteiger partial charge in [0.05, 0.1) is 31.0 Å². The van der Waals surface area contributed by atoms with E-state index in [1.165, 1.54) is 19.2 Å². The number of cyclic esters (lactones) is 2. The second-order valence-corrected chi connectivity index (χ2v) is 26.7. The molecule has 14 nitrogen and oxygen atoms in total. The third kappa shape index (κ3) is 16.0. The fourth-order valence-electron chi connectivity index (χ4n) is 8.51. The van der Waals surface area contributed by atoms with Crippen molar-refractivity contribution in [1.29, 1.82) is 0 Å². The SMILES string of the molecule is COCOc1cc(O)cc2c1C(=O)OC(C)[C@H](C)/C=C\C(C)C1OC(C)(C)OC1C/C=C/2.COCOc1cc(OCC[Si](C)(C)C)cc2c1C(=O)OC(C)[C@H](C)/C=C\C(C)C1OC(C)(C)OC1C/C=C/2. The van der Waals surface area contributed by atoms with E-state index >= 15 is 0 Å². The summed E-state index contributed by atoms with van der Waals surface area (Å²) in [6, 6.07) is 7.56. The normalized spacial score (nSPS) is 30.7. The third-order valence-electron chi connectivity index (χ3n) is 12.7. The van der Waals surface area contributed by atoms with Gasteiger partial charge in [-0.1, -0.05) is 95.9 Å². The number of fused-ring (bicyclic) bond motifs is 4. The zero-order chi connectivity index (χ0) is 51.6. The van der Waals surface area contributed by atoms with Crippen LogP contribution in [0.15, 0.2) is 60.7 Å². The lowest BCUT2D eigenvalue weighted by molar-refractivity contribution is -0.148. The predicted octanol–water partition coefficient (Wildman–Crippen LogP) is 11.4. The molecule has 10 atom stereocenters. The van der Waals surface area contributed by atoms with Gasteiger partial charge in [-0.05, 0) is 83.7 Å². The van der Waals surface area contributed by atoms with Crippen molar-refractivity contribution in [2.75, 3.05) is 34.4 Å². The topological polar surface area (TPSA) is 156 Å². The number of aromatic hydroxyl groups is 1. The summed E-state index contributed by atoms with van der Waals surface area (Å²) >= 11 is 0. The van der Waals surface area contributed by atoms with Crippen LogP contribution in [0.5, 0.6) is 23.0 Å². The van der Waals surface area contributed by atoms with Gasteiger partial charge in [0.15, 0.2) is 25.2 Å². The molecule has 15 heteroatoms. The minimum absolute atomic E-state index is 0.00160. The van der Waals surface area contributed by atoms with Gasteiger partial charge in [0, 0.05) is 58.1 Å². The molecule has 2 aromatic carbocycles. The van der Waals surface area contributed by atoms with E-state index < -0.39 is 31.6 Å². The molecule has 4 heterocycles. The summed E-state index contributed by atoms with van der Waals surface area (Å²) < 4.78 is 64.3. The largest absolute Gasteiger partial charge is 0.508 e. The van der Waals surface area contributed by atoms with Crippen molar-refractivity contribution in [3.8, 4) is 23.0 Å². The van der Waals surface area contributed by atoms with E-state index in [0.29, 0.717) is 47.6 Å². The second-order valence-electron chi connectivity index (χ2n) is 21.0. The first-order chi connectivity index (χ1) is 32.9. The van der Waals surface area contributed by atoms with Crippen LogP contribution in [0.2, 0.25) is 25.7 Å². The fourth-order valence-corrected chi connectivity index (χ4v) is 9.22. The molecule has 2 saturated heterocycles. The molecule has 0 aromatic heterocycles. The molecular weight excluding hydrogens is 913 g/mol. The molecule has 0 bridgehead atoms. The Morgan fingerprint density at radius 2 is 1.03 bits per heavy atom. The Bertz CT molecular complexity index is 2190. The van der Waals surface area contributed by atoms with Crippen LogP contribution >= 0.6 is 0 Å². The zero-order valence-corrected chi connectivity index (χ0v) is 45.2. The summed E-state index contributed by atoms with van der Waals surface area (Å²) in [4.78, 5) is 26.7. The summed E-state index contributed by atoms with van der Waals surface area (Å²) in [7, 11) is 1.76. The molecule has 0 aliphatic carbocycles. The predicted molar refractivity (Wildman–Crippen MR) is 273 cm³/mol. The number of carbonyl (C=O) groups excluding carboxylic acids is 2. The van der Waals surface area contributed by atoms with Crippen LogP contribution in [-0.4, -0.2) is 108 Å². The highest BCUT2D eigenvalue weighted by atomic mass is 28.3. The van der Waals surface area contributed by atoms with E-state index in [1.807, 2.05) is 79.7 Å². The Morgan fingerprint density at radius 1 is 0.600 bits per heavy atom. The van der Waals surface area contributed by atoms with Crippen LogP contribution < -0.4 is 14.2 Å². The van der Waals surface area contributed by atoms with E-state index in [0.717, 1.165) is 6.04 Å². The van der Waals surface area contributed by atoms with Crippen molar-refractivity contribution < 1.29 is 66.8 Å². The highest BCUT2D eigenvalue weighted by Crippen LogP contribution is 2.39. The number of phenolic OH excluding ortho intramolecular Hbond substituents is 1. The van der Waals surface area contributed by atoms with Gasteiger partial charge in [-0.3, -0.25) is 0 Å². The van der Waals surface area contributed by atoms with E-state index in [9.17, 15) is 14.7 Å². The van der Waals surface area contributed by atoms with Crippen molar-refractivity contribution in [3.63, 3.8) is 0 Å². The van der Waals surface area contributed by atoms with Gasteiger partial charge in [0.1, 0.15) is 46.3 Å². The van der Waals surface area contributed by atoms with Crippen molar-refractivity contribution in [1.82, 2.24) is 0 Å². The van der Waals surface area contributed by atoms with Gasteiger partial charge >= 0.3 is 11.9 Å². The lowest BCUT2D eigenvalue weighted by Crippen LogP contribution is -2.29. The molecule has 0 saturated carbocycles. The number of ether oxygens (including phenoxy) is 11. The number of phenols is 1. The van der Waals surface area contributed by atoms with E-state index in [4.69, 9.17) is 52.1 Å². The van der Waals surface area contributed by atoms with Crippen LogP contribution in [-0.2, 0) is 37.9 Å². The van der Waals surface area contributed by atoms with Crippen LogP contribution in [0, 0.1) is 23.7 Å². The molecule has 0 amide bonds. The van der Waals surface area contributed by atoms with Crippen LogP contribution in [0.25, 0.3) is 12.2 Å². The van der Waals surface area contributed by atoms with Gasteiger partial charge in [-0.2, -0.15) is 0 Å². The minimum atomic E-state index is -1.27. The van der Waals surface area contributed by atoms with Crippen molar-refractivity contribution in [3.05, 3.63) is 83.0 Å². The van der Waals surface area contributed by atoms with Gasteiger partial charge in [0.2, 0.25) is 0 Å². The molecule has 70 heavy (non-hydrogen) atoms. The van der Waals surface area contributed by atoms with Crippen LogP contribution in [0.1, 0.15) is 114 Å². The molecule has 6 rings (SSSR count). The van der Waals surface area contributed by atoms with Gasteiger partial charge < -0.3 is 57.2 Å². The summed E-state index contributed by atoms with van der Waals surface area (Å²) in [5.41, 5.74) is 1.76. The molecule has 4 aliphatic rings. The molecule has 2 fully saturated rings. The lowest BCUT2D eigenvalue weighted by Gasteiger charge is -2.23. The Morgan fingerprint density at radius 3 is 1.47 bits per heavy atom. The van der Waals surface area contributed by atoms with Crippen LogP contribution in [0.3, 0.4) is 0 Å². The van der Waals surface area contributed by atoms with Crippen molar-refractivity contribution >= 4 is 32.2 Å². The average molecular weight is 993 g/mol. The summed E-state index contributed by atoms with van der Waals surface area (Å²) in [5, 5.41) is 10.2. The maximum absolute atomic E-state index is 13.5. The van der Waals surface area contributed by atoms with Crippen LogP contribution in [0.4, 0.5) is 0 Å². The Balaban J connectivity index is 0.000000265. The van der Waals surface area contributed by atoms with Crippen molar-refractivity contribution in [2.24, 2.45) is 23.7 Å². The first kappa shape index (κ1) is 56.4. The molecule has 0 spiro atoms. The van der Waals surface area contributed by atoms with Crippen molar-refractivity contribution in [2.45, 2.75) is 156 Å². The van der Waals surface area contributed by atoms with E-state index in [1.54, 1.807) is 19.3 Å². The Kier molecular flexibility index (Phi) is 20.0. The maximum Gasteiger partial charge on any atom is 0.342 e. The van der Waals surface area contributed by atoms with Gasteiger partial charge in [-0.25, -0.2) is 9.59 Å². The summed E-state index contributed by atoms with van der Waals surface area (Å²) in [5.74, 6) is -0.857. The monoisotopic (exact) mass is 993 g/mol. The highest BCUT2D eigenvalue weighted by Gasteiger charge is 2.44. The summed E-state index contributed by atoms with van der Waals surface area (Å²) in [6.07, 6.45) is 16.1. The minimum Gasteiger partial charge on any atom is -0.508 e. The molecule has 388 valence electrons. The third-order valence-corrected chi connectivity index (χ3v) is 14.4. The smallest absolute Gasteiger partial charge is 0.342 e. The zero-order valence-electron chi connectivity index (χ0n) is 44.2. The standard InChI is InChI=1S/C30H46O7Si.C25H34O7/c1-20-13-14-21(2)28-25(36-30(4,5)37-28)12-10-11-23-17-24(33-15-16-38(7,8)9)18-26(34-19-32-6)27(23)29(31)35-22(20)3;1-15-10-11-16(2)23-20(31-25(4,5)32-23)9-7-8-18-12-19(26)13-21(29-14-28-6)22(18)24(27)30-17(15)3/h10-11,13-14,17-18,20-22,25,28H,12,15-16,19H2,1-9H3;7-8,10-13,15-17,20,23,26H,9,14H2,1-6H3/b11-10+,14-13-;8-7+,11-10-/t20-,21?,22?,25?,28?;15-,16?,17?,20?,23?/m11/s1. The first-order valence-corrected chi connectivity index (χ1v) is 28.4. The molecule has 4 aliphatic heterocycles. The summed E-state index contributed by atoms with van der Waals surface area (Å²) in [6.45, 7) is 27.2. The second kappa shape index (κ2) is 24.8. The number of rotatable bonds is 10. The highest BCUT2D eigenvalue weighted by molar-refractivity contribution is 6.76.